The van der Waals surface area contributed by atoms with E-state index in [0.717, 1.165) is 34.4 Å². The number of nitrogens with zero attached hydrogens (tertiary/aromatic N) is 2. The molecular formula is C24H29BN2O3. The Bertz CT molecular complexity index is 1110. The van der Waals surface area contributed by atoms with Crippen molar-refractivity contribution in [2.24, 2.45) is 0 Å². The molecule has 6 heteroatoms. The van der Waals surface area contributed by atoms with Crippen LogP contribution in [0, 0.1) is 6.92 Å². The Labute approximate surface area is 178 Å². The zero-order valence-corrected chi connectivity index (χ0v) is 18.6. The molecule has 0 radical (unpaired) electrons. The van der Waals surface area contributed by atoms with Crippen LogP contribution in [0.1, 0.15) is 45.7 Å². The Hall–Kier alpha value is -2.57. The highest BCUT2D eigenvalue weighted by Crippen LogP contribution is 2.37. The minimum Gasteiger partial charge on any atom is -0.399 e. The normalized spacial score (nSPS) is 17.5. The number of aromatic nitrogens is 2. The van der Waals surface area contributed by atoms with E-state index in [2.05, 4.69) is 34.6 Å². The van der Waals surface area contributed by atoms with Crippen LogP contribution >= 0.6 is 0 Å². The Kier molecular flexibility index (Phi) is 5.03. The smallest absolute Gasteiger partial charge is 0.399 e. The number of aryl methyl sites for hydroxylation is 1. The maximum Gasteiger partial charge on any atom is 0.495 e. The van der Waals surface area contributed by atoms with E-state index >= 15 is 0 Å². The van der Waals surface area contributed by atoms with Crippen molar-refractivity contribution in [2.75, 3.05) is 0 Å². The topological polar surface area (TPSA) is 45.4 Å². The molecule has 1 aromatic heterocycles. The van der Waals surface area contributed by atoms with Crippen LogP contribution in [0.3, 0.4) is 0 Å². The van der Waals surface area contributed by atoms with Gasteiger partial charge >= 0.3 is 12.8 Å². The lowest BCUT2D eigenvalue weighted by atomic mass is 9.75. The van der Waals surface area contributed by atoms with Crippen LogP contribution in [0.25, 0.3) is 11.4 Å². The quantitative estimate of drug-likeness (QED) is 0.622. The van der Waals surface area contributed by atoms with Crippen molar-refractivity contribution in [3.63, 3.8) is 0 Å². The van der Waals surface area contributed by atoms with Crippen LogP contribution in [-0.2, 0) is 15.7 Å². The first-order valence-corrected chi connectivity index (χ1v) is 10.5. The fourth-order valence-electron chi connectivity index (χ4n) is 3.86. The third-order valence-corrected chi connectivity index (χ3v) is 6.40. The summed E-state index contributed by atoms with van der Waals surface area (Å²) in [6.45, 7) is 12.3. The van der Waals surface area contributed by atoms with Gasteiger partial charge in [-0.1, -0.05) is 36.8 Å². The minimum absolute atomic E-state index is 0.0976. The molecule has 0 amide bonds. The van der Waals surface area contributed by atoms with Crippen LogP contribution in [0.4, 0.5) is 0 Å². The van der Waals surface area contributed by atoms with E-state index in [1.165, 1.54) is 0 Å². The van der Waals surface area contributed by atoms with E-state index in [1.54, 1.807) is 9.13 Å². The number of hydrogen-bond donors (Lipinski definition) is 0. The zero-order chi connectivity index (χ0) is 21.7. The van der Waals surface area contributed by atoms with Gasteiger partial charge in [-0.2, -0.15) is 0 Å². The Morgan fingerprint density at radius 1 is 0.900 bits per heavy atom. The van der Waals surface area contributed by atoms with E-state index in [-0.39, 0.29) is 5.69 Å². The van der Waals surface area contributed by atoms with E-state index in [9.17, 15) is 4.79 Å². The highest BCUT2D eigenvalue weighted by Gasteiger charge is 2.52. The molecule has 0 spiro atoms. The molecule has 0 N–H and O–H groups in total. The van der Waals surface area contributed by atoms with Crippen LogP contribution in [0.2, 0.25) is 0 Å². The van der Waals surface area contributed by atoms with Crippen LogP contribution in [-0.4, -0.2) is 27.5 Å². The monoisotopic (exact) mass is 404 g/mol. The zero-order valence-electron chi connectivity index (χ0n) is 18.6. The SMILES string of the molecule is CCc1c(B2OC(C)(C)C(C)(C)O2)cccc1-n1ccn(-c2ccc(C)cc2)c1=O. The van der Waals surface area contributed by atoms with Gasteiger partial charge in [0.1, 0.15) is 0 Å². The van der Waals surface area contributed by atoms with Crippen LogP contribution in [0.15, 0.2) is 59.7 Å². The summed E-state index contributed by atoms with van der Waals surface area (Å²) in [5.41, 5.74) is 3.98. The van der Waals surface area contributed by atoms with Crippen LogP contribution in [0.5, 0.6) is 0 Å². The average molecular weight is 404 g/mol. The van der Waals surface area contributed by atoms with Gasteiger partial charge in [-0.05, 0) is 70.3 Å². The molecule has 1 saturated heterocycles. The number of benzene rings is 2. The molecule has 1 aliphatic heterocycles. The van der Waals surface area contributed by atoms with Gasteiger partial charge in [0.25, 0.3) is 0 Å². The summed E-state index contributed by atoms with van der Waals surface area (Å²) in [6.07, 6.45) is 4.40. The lowest BCUT2D eigenvalue weighted by Crippen LogP contribution is -2.41. The average Bonchev–Trinajstić information content (AvgIpc) is 3.17. The summed E-state index contributed by atoms with van der Waals surface area (Å²) in [7, 11) is -0.459. The van der Waals surface area contributed by atoms with E-state index < -0.39 is 18.3 Å². The van der Waals surface area contributed by atoms with E-state index in [1.807, 2.05) is 61.8 Å². The Balaban J connectivity index is 1.78. The molecule has 5 nitrogen and oxygen atoms in total. The fourth-order valence-corrected chi connectivity index (χ4v) is 3.86. The van der Waals surface area contributed by atoms with Crippen molar-refractivity contribution >= 4 is 12.6 Å². The number of hydrogen-bond acceptors (Lipinski definition) is 3. The molecule has 30 heavy (non-hydrogen) atoms. The molecule has 3 aromatic rings. The maximum atomic E-state index is 13.2. The summed E-state index contributed by atoms with van der Waals surface area (Å²) >= 11 is 0. The first kappa shape index (κ1) is 20.7. The molecule has 2 aromatic carbocycles. The lowest BCUT2D eigenvalue weighted by molar-refractivity contribution is 0.00578. The first-order valence-electron chi connectivity index (χ1n) is 10.5. The molecule has 0 atom stereocenters. The molecule has 0 unspecified atom stereocenters. The number of rotatable bonds is 4. The van der Waals surface area contributed by atoms with E-state index in [0.29, 0.717) is 0 Å². The first-order chi connectivity index (χ1) is 14.1. The molecule has 4 rings (SSSR count). The molecule has 1 aliphatic rings. The van der Waals surface area contributed by atoms with Crippen molar-refractivity contribution in [1.29, 1.82) is 0 Å². The van der Waals surface area contributed by atoms with Crippen molar-refractivity contribution in [3.8, 4) is 11.4 Å². The molecule has 0 bridgehead atoms. The largest absolute Gasteiger partial charge is 0.495 e. The summed E-state index contributed by atoms with van der Waals surface area (Å²) in [5, 5.41) is 0. The molecule has 0 saturated carbocycles. The molecule has 0 aliphatic carbocycles. The molecule has 1 fully saturated rings. The van der Waals surface area contributed by atoms with Gasteiger partial charge in [0.05, 0.1) is 22.6 Å². The van der Waals surface area contributed by atoms with Gasteiger partial charge in [0, 0.05) is 12.4 Å². The lowest BCUT2D eigenvalue weighted by Gasteiger charge is -2.32. The summed E-state index contributed by atoms with van der Waals surface area (Å²) < 4.78 is 15.9. The summed E-state index contributed by atoms with van der Waals surface area (Å²) in [6, 6.07) is 13.9. The molecule has 156 valence electrons. The standard InChI is InChI=1S/C24H29BN2O3/c1-7-19-20(25-29-23(3,4)24(5,6)30-25)9-8-10-21(19)27-16-15-26(22(27)28)18-13-11-17(2)12-14-18/h8-16H,7H2,1-6H3. The van der Waals surface area contributed by atoms with Crippen LogP contribution < -0.4 is 11.2 Å². The fraction of sp³-hybridized carbons (Fsp3) is 0.375. The second-order valence-electron chi connectivity index (χ2n) is 8.94. The maximum absolute atomic E-state index is 13.2. The van der Waals surface area contributed by atoms with Crippen molar-refractivity contribution in [1.82, 2.24) is 9.13 Å². The minimum atomic E-state index is -0.459. The van der Waals surface area contributed by atoms with Gasteiger partial charge in [-0.25, -0.2) is 4.79 Å². The molecule has 2 heterocycles. The molecular weight excluding hydrogens is 375 g/mol. The third kappa shape index (κ3) is 3.34. The van der Waals surface area contributed by atoms with Gasteiger partial charge < -0.3 is 9.31 Å². The highest BCUT2D eigenvalue weighted by atomic mass is 16.7. The third-order valence-electron chi connectivity index (χ3n) is 6.40. The predicted octanol–water partition coefficient (Wildman–Crippen LogP) is 3.80. The second kappa shape index (κ2) is 7.29. The van der Waals surface area contributed by atoms with Crippen molar-refractivity contribution in [3.05, 3.63) is 76.5 Å². The summed E-state index contributed by atoms with van der Waals surface area (Å²) in [4.78, 5) is 13.2. The van der Waals surface area contributed by atoms with Gasteiger partial charge in [0.15, 0.2) is 0 Å². The van der Waals surface area contributed by atoms with Gasteiger partial charge in [-0.15, -0.1) is 0 Å². The van der Waals surface area contributed by atoms with Gasteiger partial charge in [-0.3, -0.25) is 9.13 Å². The highest BCUT2D eigenvalue weighted by molar-refractivity contribution is 6.62. The van der Waals surface area contributed by atoms with Gasteiger partial charge in [0.2, 0.25) is 0 Å². The van der Waals surface area contributed by atoms with Crippen molar-refractivity contribution in [2.45, 2.75) is 59.2 Å². The Morgan fingerprint density at radius 2 is 1.50 bits per heavy atom. The summed E-state index contributed by atoms with van der Waals surface area (Å²) in [5.74, 6) is 0. The Morgan fingerprint density at radius 3 is 2.10 bits per heavy atom. The second-order valence-corrected chi connectivity index (χ2v) is 8.94. The van der Waals surface area contributed by atoms with E-state index in [4.69, 9.17) is 9.31 Å². The predicted molar refractivity (Wildman–Crippen MR) is 121 cm³/mol. The van der Waals surface area contributed by atoms with Crippen molar-refractivity contribution < 1.29 is 9.31 Å². The number of imidazole rings is 1.